The van der Waals surface area contributed by atoms with Crippen LogP contribution in [0, 0.1) is 5.82 Å². The van der Waals surface area contributed by atoms with Gasteiger partial charge in [0.25, 0.3) is 0 Å². The van der Waals surface area contributed by atoms with Crippen molar-refractivity contribution in [3.63, 3.8) is 0 Å². The molecule has 2 aromatic carbocycles. The normalized spacial score (nSPS) is 11.2. The molecular weight excluding hydrogens is 361 g/mol. The fourth-order valence-corrected chi connectivity index (χ4v) is 2.84. The van der Waals surface area contributed by atoms with Crippen LogP contribution in [0.3, 0.4) is 0 Å². The molecule has 0 aliphatic rings. The quantitative estimate of drug-likeness (QED) is 0.812. The molecule has 0 unspecified atom stereocenters. The zero-order valence-corrected chi connectivity index (χ0v) is 14.0. The number of ether oxygens (including phenoxy) is 2. The van der Waals surface area contributed by atoms with E-state index in [0.29, 0.717) is 5.56 Å². The highest BCUT2D eigenvalue weighted by molar-refractivity contribution is 7.89. The van der Waals surface area contributed by atoms with Crippen molar-refractivity contribution in [1.82, 2.24) is 0 Å². The van der Waals surface area contributed by atoms with Crippen LogP contribution in [0.1, 0.15) is 15.9 Å². The second-order valence-corrected chi connectivity index (χ2v) is 6.66. The average Bonchev–Trinajstić information content (AvgIpc) is 2.52. The van der Waals surface area contributed by atoms with Gasteiger partial charge in [0.2, 0.25) is 10.0 Å². The summed E-state index contributed by atoms with van der Waals surface area (Å²) in [7, 11) is -2.80. The van der Waals surface area contributed by atoms with E-state index < -0.39 is 21.8 Å². The molecule has 0 aliphatic carbocycles. The largest absolute Gasteiger partial charge is 0.495 e. The number of hydrogen-bond donors (Lipinski definition) is 1. The van der Waals surface area contributed by atoms with E-state index in [2.05, 4.69) is 0 Å². The van der Waals surface area contributed by atoms with Crippen molar-refractivity contribution >= 4 is 27.6 Å². The number of methoxy groups -OCH3 is 1. The first kappa shape index (κ1) is 18.2. The number of nitrogens with two attached hydrogens (primary N) is 1. The molecule has 0 radical (unpaired) electrons. The lowest BCUT2D eigenvalue weighted by molar-refractivity contribution is 0.0472. The van der Waals surface area contributed by atoms with Gasteiger partial charge in [-0.25, -0.2) is 22.7 Å². The van der Waals surface area contributed by atoms with Gasteiger partial charge < -0.3 is 9.47 Å². The molecule has 0 aliphatic heterocycles. The number of carbonyl (C=O) groups excluding carboxylic acids is 1. The first-order valence-electron chi connectivity index (χ1n) is 6.54. The number of esters is 1. The van der Waals surface area contributed by atoms with Crippen molar-refractivity contribution in [1.29, 1.82) is 0 Å². The van der Waals surface area contributed by atoms with Gasteiger partial charge in [0.05, 0.1) is 17.7 Å². The molecule has 0 heterocycles. The number of carbonyl (C=O) groups is 1. The molecule has 2 rings (SSSR count). The Morgan fingerprint density at radius 2 is 1.96 bits per heavy atom. The molecule has 6 nitrogen and oxygen atoms in total. The van der Waals surface area contributed by atoms with Crippen LogP contribution in [0.4, 0.5) is 4.39 Å². The molecule has 128 valence electrons. The summed E-state index contributed by atoms with van der Waals surface area (Å²) in [5, 5.41) is 5.20. The summed E-state index contributed by atoms with van der Waals surface area (Å²) in [6.07, 6.45) is 0. The Bertz CT molecular complexity index is 885. The van der Waals surface area contributed by atoms with Crippen molar-refractivity contribution in [2.24, 2.45) is 5.14 Å². The van der Waals surface area contributed by atoms with Gasteiger partial charge in [-0.1, -0.05) is 17.7 Å². The van der Waals surface area contributed by atoms with Gasteiger partial charge >= 0.3 is 5.97 Å². The van der Waals surface area contributed by atoms with Crippen LogP contribution in [-0.2, 0) is 21.4 Å². The van der Waals surface area contributed by atoms with Gasteiger partial charge in [0.1, 0.15) is 23.1 Å². The van der Waals surface area contributed by atoms with Crippen molar-refractivity contribution in [2.45, 2.75) is 11.5 Å². The predicted octanol–water partition coefficient (Wildman–Crippen LogP) is 2.49. The van der Waals surface area contributed by atoms with Crippen molar-refractivity contribution in [3.05, 3.63) is 58.4 Å². The first-order chi connectivity index (χ1) is 11.2. The second-order valence-electron chi connectivity index (χ2n) is 4.72. The molecule has 0 bridgehead atoms. The molecule has 2 aromatic rings. The van der Waals surface area contributed by atoms with Crippen LogP contribution < -0.4 is 9.88 Å². The van der Waals surface area contributed by atoms with Gasteiger partial charge in [-0.3, -0.25) is 0 Å². The molecule has 0 aromatic heterocycles. The molecule has 0 saturated heterocycles. The van der Waals surface area contributed by atoms with Gasteiger partial charge in [0.15, 0.2) is 0 Å². The van der Waals surface area contributed by atoms with E-state index in [1.807, 2.05) is 0 Å². The number of primary sulfonamides is 1. The first-order valence-corrected chi connectivity index (χ1v) is 8.46. The highest BCUT2D eigenvalue weighted by Crippen LogP contribution is 2.24. The summed E-state index contributed by atoms with van der Waals surface area (Å²) in [6.45, 7) is -0.200. The fraction of sp³-hybridized carbons (Fsp3) is 0.133. The third-order valence-electron chi connectivity index (χ3n) is 3.08. The van der Waals surface area contributed by atoms with Crippen LogP contribution in [0.5, 0.6) is 5.75 Å². The topological polar surface area (TPSA) is 95.7 Å². The lowest BCUT2D eigenvalue weighted by atomic mass is 10.2. The summed E-state index contributed by atoms with van der Waals surface area (Å²) < 4.78 is 46.0. The predicted molar refractivity (Wildman–Crippen MR) is 84.9 cm³/mol. The van der Waals surface area contributed by atoms with Crippen LogP contribution in [0.25, 0.3) is 0 Å². The molecule has 0 fully saturated rings. The Labute approximate surface area is 143 Å². The van der Waals surface area contributed by atoms with Gasteiger partial charge in [-0.15, -0.1) is 0 Å². The van der Waals surface area contributed by atoms with Crippen molar-refractivity contribution in [3.8, 4) is 5.75 Å². The highest BCUT2D eigenvalue weighted by atomic mass is 35.5. The second kappa shape index (κ2) is 7.16. The summed E-state index contributed by atoms with van der Waals surface area (Å²) >= 11 is 5.84. The van der Waals surface area contributed by atoms with Crippen LogP contribution in [0.15, 0.2) is 41.3 Å². The maximum absolute atomic E-state index is 13.0. The van der Waals surface area contributed by atoms with Gasteiger partial charge in [-0.05, 0) is 30.3 Å². The fourth-order valence-electron chi connectivity index (χ4n) is 1.89. The minimum atomic E-state index is -4.08. The molecule has 24 heavy (non-hydrogen) atoms. The number of benzene rings is 2. The maximum Gasteiger partial charge on any atom is 0.338 e. The van der Waals surface area contributed by atoms with Crippen molar-refractivity contribution in [2.75, 3.05) is 7.11 Å². The Kier molecular flexibility index (Phi) is 5.43. The summed E-state index contributed by atoms with van der Waals surface area (Å²) in [5.74, 6) is -1.29. The lowest BCUT2D eigenvalue weighted by Crippen LogP contribution is -2.15. The molecule has 0 saturated carbocycles. The van der Waals surface area contributed by atoms with E-state index >= 15 is 0 Å². The number of rotatable bonds is 5. The van der Waals surface area contributed by atoms with E-state index in [9.17, 15) is 17.6 Å². The maximum atomic E-state index is 13.0. The lowest BCUT2D eigenvalue weighted by Gasteiger charge is -2.10. The Morgan fingerprint density at radius 1 is 1.25 bits per heavy atom. The third kappa shape index (κ3) is 4.22. The molecule has 0 amide bonds. The molecule has 2 N–H and O–H groups in total. The van der Waals surface area contributed by atoms with E-state index in [-0.39, 0.29) is 27.8 Å². The average molecular weight is 374 g/mol. The minimum Gasteiger partial charge on any atom is -0.495 e. The summed E-state index contributed by atoms with van der Waals surface area (Å²) in [4.78, 5) is 11.7. The molecular formula is C15H13ClFNO5S. The molecule has 0 spiro atoms. The number of sulfonamides is 1. The molecule has 0 atom stereocenters. The van der Waals surface area contributed by atoms with E-state index in [4.69, 9.17) is 26.2 Å². The third-order valence-corrected chi connectivity index (χ3v) is 4.36. The monoisotopic (exact) mass is 373 g/mol. The summed E-state index contributed by atoms with van der Waals surface area (Å²) in [6, 6.07) is 7.35. The zero-order valence-electron chi connectivity index (χ0n) is 12.5. The van der Waals surface area contributed by atoms with Crippen LogP contribution in [0.2, 0.25) is 5.02 Å². The van der Waals surface area contributed by atoms with Crippen LogP contribution in [-0.4, -0.2) is 21.5 Å². The van der Waals surface area contributed by atoms with E-state index in [1.54, 1.807) is 0 Å². The SMILES string of the molecule is COc1ccc(C(=O)OCc2ccc(F)cc2Cl)cc1S(N)(=O)=O. The number of halogens is 2. The van der Waals surface area contributed by atoms with Crippen LogP contribution >= 0.6 is 11.6 Å². The Hall–Kier alpha value is -2.16. The van der Waals surface area contributed by atoms with Gasteiger partial charge in [0, 0.05) is 5.56 Å². The standard InChI is InChI=1S/C15H13ClFNO5S/c1-22-13-5-3-9(6-14(13)24(18,20)21)15(19)23-8-10-2-4-11(17)7-12(10)16/h2-7H,8H2,1H3,(H2,18,20,21). The highest BCUT2D eigenvalue weighted by Gasteiger charge is 2.19. The zero-order chi connectivity index (χ0) is 17.9. The van der Waals surface area contributed by atoms with Crippen molar-refractivity contribution < 1.29 is 27.1 Å². The number of hydrogen-bond acceptors (Lipinski definition) is 5. The smallest absolute Gasteiger partial charge is 0.338 e. The van der Waals surface area contributed by atoms with E-state index in [0.717, 1.165) is 12.1 Å². The van der Waals surface area contributed by atoms with E-state index in [1.165, 1.54) is 31.4 Å². The Morgan fingerprint density at radius 3 is 2.54 bits per heavy atom. The van der Waals surface area contributed by atoms with Gasteiger partial charge in [-0.2, -0.15) is 0 Å². The minimum absolute atomic E-state index is 0.00984. The molecule has 9 heteroatoms. The Balaban J connectivity index is 2.21. The summed E-state index contributed by atoms with van der Waals surface area (Å²) in [5.41, 5.74) is 0.379.